The van der Waals surface area contributed by atoms with Gasteiger partial charge in [-0.1, -0.05) is 6.07 Å². The number of nitrogens with one attached hydrogen (secondary N) is 2. The maximum atomic E-state index is 13.6. The second-order valence-corrected chi connectivity index (χ2v) is 6.87. The van der Waals surface area contributed by atoms with E-state index in [1.54, 1.807) is 12.1 Å². The van der Waals surface area contributed by atoms with Gasteiger partial charge in [-0.05, 0) is 46.6 Å². The Labute approximate surface area is 155 Å². The van der Waals surface area contributed by atoms with E-state index in [-0.39, 0.29) is 29.6 Å². The van der Waals surface area contributed by atoms with Gasteiger partial charge >= 0.3 is 0 Å². The van der Waals surface area contributed by atoms with Crippen molar-refractivity contribution in [3.63, 3.8) is 0 Å². The lowest BCUT2D eigenvalue weighted by Crippen LogP contribution is -2.25. The van der Waals surface area contributed by atoms with Crippen LogP contribution in [0.1, 0.15) is 29.2 Å². The number of halogens is 2. The highest BCUT2D eigenvalue weighted by molar-refractivity contribution is 9.10. The molecule has 0 saturated carbocycles. The summed E-state index contributed by atoms with van der Waals surface area (Å²) < 4.78 is 15.4. The summed E-state index contributed by atoms with van der Waals surface area (Å²) in [7, 11) is 0. The Morgan fingerprint density at radius 2 is 2.08 bits per heavy atom. The number of amides is 1. The van der Waals surface area contributed by atoms with Crippen molar-refractivity contribution in [3.8, 4) is 5.82 Å². The summed E-state index contributed by atoms with van der Waals surface area (Å²) in [6.07, 6.45) is 0.233. The van der Waals surface area contributed by atoms with Crippen LogP contribution in [0.5, 0.6) is 0 Å². The van der Waals surface area contributed by atoms with Gasteiger partial charge in [-0.2, -0.15) is 14.9 Å². The monoisotopic (exact) mass is 417 g/mol. The molecule has 0 aliphatic carbocycles. The van der Waals surface area contributed by atoms with Gasteiger partial charge in [0.15, 0.2) is 5.82 Å². The Hall–Kier alpha value is -2.81. The standard InChI is InChI=1S/C17H13BrFN5O2/c1-8-16-10(9-2-3-12(19)11(18)6-9)7-15(26)20-17(16)24(23-8)13-4-5-14(25)22-21-13/h2-6,10H,7H2,1H3,(H,20,26)(H,22,25)/t10-/m1/s1. The lowest BCUT2D eigenvalue weighted by Gasteiger charge is -2.24. The van der Waals surface area contributed by atoms with Crippen LogP contribution < -0.4 is 10.9 Å². The number of aromatic amines is 1. The molecule has 26 heavy (non-hydrogen) atoms. The largest absolute Gasteiger partial charge is 0.310 e. The summed E-state index contributed by atoms with van der Waals surface area (Å²) in [4.78, 5) is 23.5. The van der Waals surface area contributed by atoms with Crippen molar-refractivity contribution >= 4 is 27.7 Å². The molecule has 1 amide bonds. The van der Waals surface area contributed by atoms with Crippen LogP contribution in [-0.4, -0.2) is 25.9 Å². The van der Waals surface area contributed by atoms with E-state index in [0.29, 0.717) is 16.1 Å². The average Bonchev–Trinajstić information content (AvgIpc) is 2.94. The van der Waals surface area contributed by atoms with Crippen molar-refractivity contribution in [2.45, 2.75) is 19.3 Å². The molecule has 1 aliphatic heterocycles. The number of aryl methyl sites for hydroxylation is 1. The molecule has 9 heteroatoms. The van der Waals surface area contributed by atoms with Gasteiger partial charge in [-0.25, -0.2) is 9.49 Å². The highest BCUT2D eigenvalue weighted by atomic mass is 79.9. The normalized spacial score (nSPS) is 16.3. The van der Waals surface area contributed by atoms with Gasteiger partial charge in [0.1, 0.15) is 11.6 Å². The van der Waals surface area contributed by atoms with Crippen LogP contribution in [0.3, 0.4) is 0 Å². The summed E-state index contributed by atoms with van der Waals surface area (Å²) in [5, 5.41) is 13.6. The molecule has 7 nitrogen and oxygen atoms in total. The molecule has 2 N–H and O–H groups in total. The van der Waals surface area contributed by atoms with Gasteiger partial charge in [-0.3, -0.25) is 9.59 Å². The SMILES string of the molecule is Cc1nn(-c2ccc(=O)[nH]n2)c2c1[C@@H](c1ccc(F)c(Br)c1)CC(=O)N2. The van der Waals surface area contributed by atoms with Crippen molar-refractivity contribution in [3.05, 3.63) is 67.8 Å². The Morgan fingerprint density at radius 3 is 2.77 bits per heavy atom. The number of hydrogen-bond acceptors (Lipinski definition) is 4. The third-order valence-electron chi connectivity index (χ3n) is 4.33. The van der Waals surface area contributed by atoms with E-state index < -0.39 is 0 Å². The zero-order chi connectivity index (χ0) is 18.4. The van der Waals surface area contributed by atoms with Crippen molar-refractivity contribution in [2.24, 2.45) is 0 Å². The molecular formula is C17H13BrFN5O2. The van der Waals surface area contributed by atoms with E-state index in [9.17, 15) is 14.0 Å². The zero-order valence-electron chi connectivity index (χ0n) is 13.6. The zero-order valence-corrected chi connectivity index (χ0v) is 15.2. The number of carbonyl (C=O) groups excluding carboxylic acids is 1. The first kappa shape index (κ1) is 16.6. The second-order valence-electron chi connectivity index (χ2n) is 6.02. The van der Waals surface area contributed by atoms with Crippen LogP contribution in [-0.2, 0) is 4.79 Å². The number of hydrogen-bond donors (Lipinski definition) is 2. The fraction of sp³-hybridized carbons (Fsp3) is 0.176. The molecule has 1 aromatic carbocycles. The summed E-state index contributed by atoms with van der Waals surface area (Å²) in [6, 6.07) is 7.58. The fourth-order valence-electron chi connectivity index (χ4n) is 3.18. The van der Waals surface area contributed by atoms with Crippen molar-refractivity contribution < 1.29 is 9.18 Å². The lowest BCUT2D eigenvalue weighted by molar-refractivity contribution is -0.116. The van der Waals surface area contributed by atoms with Gasteiger partial charge in [0.25, 0.3) is 5.56 Å². The molecule has 0 saturated heterocycles. The molecule has 0 unspecified atom stereocenters. The molecule has 1 aliphatic rings. The molecule has 0 bridgehead atoms. The van der Waals surface area contributed by atoms with Crippen molar-refractivity contribution in [1.29, 1.82) is 0 Å². The Kier molecular flexibility index (Phi) is 3.95. The van der Waals surface area contributed by atoms with E-state index >= 15 is 0 Å². The van der Waals surface area contributed by atoms with Crippen LogP contribution in [0.15, 0.2) is 39.6 Å². The topological polar surface area (TPSA) is 92.7 Å². The minimum atomic E-state index is -0.362. The van der Waals surface area contributed by atoms with Crippen LogP contribution in [0, 0.1) is 12.7 Å². The Balaban J connectivity index is 1.88. The summed E-state index contributed by atoms with van der Waals surface area (Å²) >= 11 is 3.19. The number of aromatic nitrogens is 4. The number of carbonyl (C=O) groups is 1. The summed E-state index contributed by atoms with van der Waals surface area (Å²) in [6.45, 7) is 1.84. The number of fused-ring (bicyclic) bond motifs is 1. The van der Waals surface area contributed by atoms with Gasteiger partial charge in [0, 0.05) is 24.0 Å². The van der Waals surface area contributed by atoms with Crippen LogP contribution in [0.25, 0.3) is 5.82 Å². The molecule has 4 rings (SSSR count). The Morgan fingerprint density at radius 1 is 1.27 bits per heavy atom. The third kappa shape index (κ3) is 2.74. The van der Waals surface area contributed by atoms with E-state index in [0.717, 1.165) is 16.8 Å². The molecule has 2 aromatic heterocycles. The fourth-order valence-corrected chi connectivity index (χ4v) is 3.58. The van der Waals surface area contributed by atoms with Gasteiger partial charge in [0.05, 0.1) is 10.2 Å². The van der Waals surface area contributed by atoms with Gasteiger partial charge in [-0.15, -0.1) is 0 Å². The van der Waals surface area contributed by atoms with Crippen molar-refractivity contribution in [1.82, 2.24) is 20.0 Å². The molecule has 0 fully saturated rings. The number of benzene rings is 1. The van der Waals surface area contributed by atoms with Crippen molar-refractivity contribution in [2.75, 3.05) is 5.32 Å². The van der Waals surface area contributed by atoms with E-state index in [1.807, 2.05) is 6.92 Å². The summed E-state index contributed by atoms with van der Waals surface area (Å²) in [5.74, 6) is 0.0960. The lowest BCUT2D eigenvalue weighted by atomic mass is 9.86. The average molecular weight is 418 g/mol. The molecular weight excluding hydrogens is 405 g/mol. The number of rotatable bonds is 2. The number of nitrogens with zero attached hydrogens (tertiary/aromatic N) is 3. The van der Waals surface area contributed by atoms with Crippen LogP contribution in [0.2, 0.25) is 0 Å². The quantitative estimate of drug-likeness (QED) is 0.670. The maximum Gasteiger partial charge on any atom is 0.264 e. The van der Waals surface area contributed by atoms with E-state index in [2.05, 4.69) is 36.5 Å². The van der Waals surface area contributed by atoms with Gasteiger partial charge < -0.3 is 5.32 Å². The first-order chi connectivity index (χ1) is 12.4. The highest BCUT2D eigenvalue weighted by Crippen LogP contribution is 2.40. The third-order valence-corrected chi connectivity index (χ3v) is 4.94. The van der Waals surface area contributed by atoms with Crippen LogP contribution in [0.4, 0.5) is 10.2 Å². The highest BCUT2D eigenvalue weighted by Gasteiger charge is 2.33. The molecule has 3 heterocycles. The molecule has 132 valence electrons. The van der Waals surface area contributed by atoms with E-state index in [1.165, 1.54) is 22.9 Å². The van der Waals surface area contributed by atoms with E-state index in [4.69, 9.17) is 0 Å². The molecule has 3 aromatic rings. The predicted octanol–water partition coefficient (Wildman–Crippen LogP) is 2.64. The smallest absolute Gasteiger partial charge is 0.264 e. The second kappa shape index (κ2) is 6.17. The molecule has 0 radical (unpaired) electrons. The molecule has 1 atom stereocenters. The van der Waals surface area contributed by atoms with Crippen LogP contribution >= 0.6 is 15.9 Å². The first-order valence-corrected chi connectivity index (χ1v) is 8.64. The minimum absolute atomic E-state index is 0.173. The number of H-pyrrole nitrogens is 1. The molecule has 0 spiro atoms. The minimum Gasteiger partial charge on any atom is -0.310 e. The Bertz CT molecular complexity index is 1070. The first-order valence-electron chi connectivity index (χ1n) is 7.84. The number of anilines is 1. The predicted molar refractivity (Wildman–Crippen MR) is 95.9 cm³/mol. The summed E-state index contributed by atoms with van der Waals surface area (Å²) in [5.41, 5.74) is 2.05. The van der Waals surface area contributed by atoms with Gasteiger partial charge in [0.2, 0.25) is 5.91 Å². The maximum absolute atomic E-state index is 13.6.